The number of aromatic nitrogens is 1. The number of hydrogen-bond acceptors (Lipinski definition) is 5. The molecule has 7 nitrogen and oxygen atoms in total. The number of sulfone groups is 1. The van der Waals surface area contributed by atoms with Gasteiger partial charge in [0.15, 0.2) is 15.2 Å². The van der Waals surface area contributed by atoms with Crippen LogP contribution in [0.4, 0.5) is 0 Å². The van der Waals surface area contributed by atoms with E-state index in [1.807, 2.05) is 0 Å². The summed E-state index contributed by atoms with van der Waals surface area (Å²) >= 11 is 0. The van der Waals surface area contributed by atoms with Gasteiger partial charge in [0.1, 0.15) is 5.70 Å². The number of β-lactam (4-membered cyclic amide) rings is 1. The van der Waals surface area contributed by atoms with Gasteiger partial charge in [0.05, 0.1) is 17.0 Å². The van der Waals surface area contributed by atoms with Crippen LogP contribution in [-0.4, -0.2) is 46.4 Å². The third-order valence-electron chi connectivity index (χ3n) is 4.49. The zero-order chi connectivity index (χ0) is 19.2. The lowest BCUT2D eigenvalue weighted by atomic mass is 9.98. The number of fused-ring (bicyclic) bond motifs is 1. The number of amides is 1. The second-order valence-corrected chi connectivity index (χ2v) is 8.25. The SMILES string of the molecule is O=C(O)C1=C(c2ccccc2)CS(=O)(=O)[C@@H]2C(=Cc3ccccn3)C(=O)N12. The van der Waals surface area contributed by atoms with Gasteiger partial charge in [-0.25, -0.2) is 13.2 Å². The molecule has 0 bridgehead atoms. The maximum atomic E-state index is 12.9. The van der Waals surface area contributed by atoms with Crippen molar-refractivity contribution in [3.63, 3.8) is 0 Å². The van der Waals surface area contributed by atoms with Crippen molar-refractivity contribution in [2.24, 2.45) is 0 Å². The number of pyridine rings is 1. The second-order valence-electron chi connectivity index (χ2n) is 6.19. The Balaban J connectivity index is 1.86. The molecule has 3 heterocycles. The average Bonchev–Trinajstić information content (AvgIpc) is 2.66. The Bertz CT molecular complexity index is 1110. The predicted octanol–water partition coefficient (Wildman–Crippen LogP) is 1.56. The first kappa shape index (κ1) is 17.2. The highest BCUT2D eigenvalue weighted by molar-refractivity contribution is 7.92. The van der Waals surface area contributed by atoms with Crippen LogP contribution in [-0.2, 0) is 19.4 Å². The monoisotopic (exact) mass is 382 g/mol. The number of rotatable bonds is 3. The summed E-state index contributed by atoms with van der Waals surface area (Å²) < 4.78 is 25.7. The Kier molecular flexibility index (Phi) is 3.92. The molecule has 1 aromatic carbocycles. The van der Waals surface area contributed by atoms with Gasteiger partial charge in [0.25, 0.3) is 5.91 Å². The first-order valence-electron chi connectivity index (χ1n) is 8.10. The van der Waals surface area contributed by atoms with Gasteiger partial charge in [-0.2, -0.15) is 0 Å². The second kappa shape index (κ2) is 6.17. The fourth-order valence-electron chi connectivity index (χ4n) is 3.34. The van der Waals surface area contributed by atoms with E-state index in [4.69, 9.17) is 0 Å². The predicted molar refractivity (Wildman–Crippen MR) is 97.6 cm³/mol. The maximum absolute atomic E-state index is 12.9. The van der Waals surface area contributed by atoms with Crippen LogP contribution in [0.25, 0.3) is 11.6 Å². The number of carbonyl (C=O) groups excluding carboxylic acids is 1. The third kappa shape index (κ3) is 2.74. The summed E-state index contributed by atoms with van der Waals surface area (Å²) in [4.78, 5) is 29.4. The fourth-order valence-corrected chi connectivity index (χ4v) is 5.28. The molecule has 4 rings (SSSR count). The molecule has 1 atom stereocenters. The van der Waals surface area contributed by atoms with Crippen LogP contribution >= 0.6 is 0 Å². The van der Waals surface area contributed by atoms with Gasteiger partial charge < -0.3 is 5.11 Å². The highest BCUT2D eigenvalue weighted by atomic mass is 32.2. The number of carboxylic acid groups (broad SMARTS) is 1. The number of aliphatic carboxylic acids is 1. The molecule has 0 radical (unpaired) electrons. The molecule has 0 spiro atoms. The van der Waals surface area contributed by atoms with Gasteiger partial charge in [0.2, 0.25) is 0 Å². The standard InChI is InChI=1S/C19H14N2O5S/c22-17-14(10-13-8-4-5-9-20-13)18-21(17)16(19(23)24)15(11-27(18,25)26)12-6-2-1-3-7-12/h1-10,18H,11H2,(H,23,24)/t18-/m1/s1. The van der Waals surface area contributed by atoms with E-state index in [-0.39, 0.29) is 16.8 Å². The van der Waals surface area contributed by atoms with Crippen molar-refractivity contribution in [1.29, 1.82) is 0 Å². The van der Waals surface area contributed by atoms with Gasteiger partial charge in [-0.1, -0.05) is 36.4 Å². The molecular formula is C19H14N2O5S. The molecule has 8 heteroatoms. The summed E-state index contributed by atoms with van der Waals surface area (Å²) in [5.74, 6) is -2.43. The lowest BCUT2D eigenvalue weighted by Crippen LogP contribution is -2.62. The van der Waals surface area contributed by atoms with Gasteiger partial charge in [-0.3, -0.25) is 14.7 Å². The van der Waals surface area contributed by atoms with Gasteiger partial charge >= 0.3 is 5.97 Å². The molecule has 27 heavy (non-hydrogen) atoms. The highest BCUT2D eigenvalue weighted by Gasteiger charge is 2.56. The summed E-state index contributed by atoms with van der Waals surface area (Å²) in [5, 5.41) is 8.38. The van der Waals surface area contributed by atoms with Crippen LogP contribution in [0.1, 0.15) is 11.3 Å². The Labute approximate surface area is 155 Å². The van der Waals surface area contributed by atoms with E-state index in [0.29, 0.717) is 11.3 Å². The lowest BCUT2D eigenvalue weighted by Gasteiger charge is -2.45. The van der Waals surface area contributed by atoms with E-state index >= 15 is 0 Å². The van der Waals surface area contributed by atoms with E-state index in [9.17, 15) is 23.1 Å². The van der Waals surface area contributed by atoms with E-state index < -0.39 is 32.8 Å². The molecule has 2 aliphatic rings. The smallest absolute Gasteiger partial charge is 0.353 e. The van der Waals surface area contributed by atoms with Crippen LogP contribution < -0.4 is 0 Å². The van der Waals surface area contributed by atoms with Crippen molar-refractivity contribution in [2.45, 2.75) is 5.37 Å². The minimum Gasteiger partial charge on any atom is -0.477 e. The van der Waals surface area contributed by atoms with Crippen molar-refractivity contribution in [2.75, 3.05) is 5.75 Å². The molecule has 0 saturated carbocycles. The summed E-state index contributed by atoms with van der Waals surface area (Å²) in [6, 6.07) is 13.4. The first-order chi connectivity index (χ1) is 12.9. The summed E-state index contributed by atoms with van der Waals surface area (Å²) in [6.07, 6.45) is 2.92. The van der Waals surface area contributed by atoms with Crippen LogP contribution in [0, 0.1) is 0 Å². The topological polar surface area (TPSA) is 105 Å². The highest BCUT2D eigenvalue weighted by Crippen LogP contribution is 2.43. The molecule has 1 fully saturated rings. The largest absolute Gasteiger partial charge is 0.477 e. The summed E-state index contributed by atoms with van der Waals surface area (Å²) in [6.45, 7) is 0. The molecule has 1 amide bonds. The van der Waals surface area contributed by atoms with Crippen molar-refractivity contribution in [1.82, 2.24) is 9.88 Å². The molecule has 2 aliphatic heterocycles. The van der Waals surface area contributed by atoms with Crippen LogP contribution in [0.2, 0.25) is 0 Å². The Hall–Kier alpha value is -3.26. The normalized spacial score (nSPS) is 22.4. The fraction of sp³-hybridized carbons (Fsp3) is 0.105. The summed E-state index contributed by atoms with van der Waals surface area (Å²) in [7, 11) is -3.80. The Morgan fingerprint density at radius 2 is 1.85 bits per heavy atom. The van der Waals surface area contributed by atoms with Crippen LogP contribution in [0.5, 0.6) is 0 Å². The van der Waals surface area contributed by atoms with Gasteiger partial charge in [0, 0.05) is 11.8 Å². The third-order valence-corrected chi connectivity index (χ3v) is 6.33. The molecule has 2 aromatic rings. The van der Waals surface area contributed by atoms with E-state index in [2.05, 4.69) is 4.98 Å². The lowest BCUT2D eigenvalue weighted by molar-refractivity contribution is -0.141. The van der Waals surface area contributed by atoms with Crippen molar-refractivity contribution in [3.05, 3.63) is 77.3 Å². The summed E-state index contributed by atoms with van der Waals surface area (Å²) in [5.41, 5.74) is 0.755. The molecular weight excluding hydrogens is 368 g/mol. The number of carbonyl (C=O) groups is 2. The van der Waals surface area contributed by atoms with Crippen LogP contribution in [0.3, 0.4) is 0 Å². The van der Waals surface area contributed by atoms with E-state index in [1.165, 1.54) is 12.3 Å². The zero-order valence-electron chi connectivity index (χ0n) is 13.9. The Morgan fingerprint density at radius 3 is 2.48 bits per heavy atom. The van der Waals surface area contributed by atoms with E-state index in [1.54, 1.807) is 48.5 Å². The van der Waals surface area contributed by atoms with Crippen LogP contribution in [0.15, 0.2) is 66.0 Å². The molecule has 0 unspecified atom stereocenters. The molecule has 0 aliphatic carbocycles. The number of hydrogen-bond donors (Lipinski definition) is 1. The van der Waals surface area contributed by atoms with Gasteiger partial charge in [-0.05, 0) is 23.8 Å². The maximum Gasteiger partial charge on any atom is 0.353 e. The number of carboxylic acids is 1. The quantitative estimate of drug-likeness (QED) is 0.638. The minimum absolute atomic E-state index is 0.0274. The minimum atomic E-state index is -3.80. The van der Waals surface area contributed by atoms with E-state index in [0.717, 1.165) is 4.90 Å². The molecule has 1 saturated heterocycles. The van der Waals surface area contributed by atoms with Crippen molar-refractivity contribution >= 4 is 33.4 Å². The Morgan fingerprint density at radius 1 is 1.15 bits per heavy atom. The zero-order valence-corrected chi connectivity index (χ0v) is 14.8. The molecule has 1 aromatic heterocycles. The number of nitrogens with zero attached hydrogens (tertiary/aromatic N) is 2. The first-order valence-corrected chi connectivity index (χ1v) is 9.81. The molecule has 136 valence electrons. The van der Waals surface area contributed by atoms with Gasteiger partial charge in [-0.15, -0.1) is 0 Å². The number of benzene rings is 1. The molecule has 1 N–H and O–H groups in total. The van der Waals surface area contributed by atoms with Crippen molar-refractivity contribution in [3.8, 4) is 0 Å². The van der Waals surface area contributed by atoms with Crippen molar-refractivity contribution < 1.29 is 23.1 Å². The average molecular weight is 382 g/mol.